The second-order valence-corrected chi connectivity index (χ2v) is 3.41. The van der Waals surface area contributed by atoms with E-state index in [1.807, 2.05) is 6.07 Å². The van der Waals surface area contributed by atoms with E-state index in [1.54, 1.807) is 0 Å². The fraction of sp³-hybridized carbons (Fsp3) is 0.222. The van der Waals surface area contributed by atoms with Gasteiger partial charge in [0, 0.05) is 12.5 Å². The van der Waals surface area contributed by atoms with E-state index in [1.165, 1.54) is 6.07 Å². The quantitative estimate of drug-likeness (QED) is 0.869. The van der Waals surface area contributed by atoms with Crippen LogP contribution in [0.5, 0.6) is 5.75 Å². The van der Waals surface area contributed by atoms with Crippen molar-refractivity contribution in [3.63, 3.8) is 0 Å². The second-order valence-electron chi connectivity index (χ2n) is 2.55. The lowest BCUT2D eigenvalue weighted by Gasteiger charge is -2.02. The first-order valence-electron chi connectivity index (χ1n) is 3.69. The Labute approximate surface area is 83.7 Å². The Hall–Kier alpha value is -1.08. The zero-order valence-corrected chi connectivity index (χ0v) is 8.31. The molecule has 0 bridgehead atoms. The fourth-order valence-corrected chi connectivity index (χ4v) is 1.35. The molecule has 0 aliphatic heterocycles. The molecule has 68 valence electrons. The number of hydrogen-bond donors (Lipinski definition) is 1. The van der Waals surface area contributed by atoms with E-state index in [9.17, 15) is 4.39 Å². The fourth-order valence-electron chi connectivity index (χ4n) is 0.960. The minimum absolute atomic E-state index is 0.127. The number of halogens is 2. The van der Waals surface area contributed by atoms with Gasteiger partial charge in [-0.15, -0.1) is 0 Å². The molecule has 1 N–H and O–H groups in total. The average molecular weight is 244 g/mol. The van der Waals surface area contributed by atoms with Crippen LogP contribution in [0.3, 0.4) is 0 Å². The number of nitriles is 1. The third-order valence-corrected chi connectivity index (χ3v) is 2.26. The molecule has 0 spiro atoms. The Morgan fingerprint density at radius 1 is 1.54 bits per heavy atom. The predicted octanol–water partition coefficient (Wildman–Crippen LogP) is 2.75. The number of aryl methyl sites for hydroxylation is 1. The Bertz CT molecular complexity index is 359. The van der Waals surface area contributed by atoms with Crippen molar-refractivity contribution in [2.24, 2.45) is 0 Å². The van der Waals surface area contributed by atoms with Gasteiger partial charge in [0.05, 0.1) is 10.5 Å². The number of phenols is 1. The van der Waals surface area contributed by atoms with Crippen LogP contribution in [0.15, 0.2) is 16.6 Å². The minimum atomic E-state index is -0.476. The smallest absolute Gasteiger partial charge is 0.132 e. The first kappa shape index (κ1) is 10.0. The largest absolute Gasteiger partial charge is 0.507 e. The van der Waals surface area contributed by atoms with Gasteiger partial charge in [-0.3, -0.25) is 0 Å². The Morgan fingerprint density at radius 2 is 2.23 bits per heavy atom. The number of rotatable bonds is 2. The average Bonchev–Trinajstić information content (AvgIpc) is 2.09. The molecule has 1 aromatic rings. The van der Waals surface area contributed by atoms with E-state index in [0.29, 0.717) is 16.5 Å². The van der Waals surface area contributed by atoms with Crippen LogP contribution in [0.25, 0.3) is 0 Å². The zero-order valence-electron chi connectivity index (χ0n) is 6.72. The molecule has 1 rings (SSSR count). The summed E-state index contributed by atoms with van der Waals surface area (Å²) < 4.78 is 13.5. The number of benzene rings is 1. The van der Waals surface area contributed by atoms with Crippen molar-refractivity contribution in [2.75, 3.05) is 0 Å². The van der Waals surface area contributed by atoms with Crippen molar-refractivity contribution in [3.8, 4) is 11.8 Å². The number of aromatic hydroxyl groups is 1. The molecule has 13 heavy (non-hydrogen) atoms. The molecule has 0 aliphatic rings. The maximum atomic E-state index is 13.1. The SMILES string of the molecule is N#CCCc1cc(Br)c(O)cc1F. The summed E-state index contributed by atoms with van der Waals surface area (Å²) in [5, 5.41) is 17.4. The van der Waals surface area contributed by atoms with Crippen LogP contribution < -0.4 is 0 Å². The van der Waals surface area contributed by atoms with E-state index < -0.39 is 5.82 Å². The highest BCUT2D eigenvalue weighted by Crippen LogP contribution is 2.27. The van der Waals surface area contributed by atoms with Crippen molar-refractivity contribution in [2.45, 2.75) is 12.8 Å². The van der Waals surface area contributed by atoms with Crippen LogP contribution in [-0.4, -0.2) is 5.11 Å². The maximum Gasteiger partial charge on any atom is 0.132 e. The number of phenolic OH excluding ortho intramolecular Hbond substituents is 1. The molecule has 0 saturated carbocycles. The molecule has 0 radical (unpaired) electrons. The third kappa shape index (κ3) is 2.43. The standard InChI is InChI=1S/C9H7BrFNO/c10-7-4-6(2-1-3-12)8(11)5-9(7)13/h4-5,13H,1-2H2. The van der Waals surface area contributed by atoms with E-state index in [0.717, 1.165) is 6.07 Å². The first-order chi connectivity index (χ1) is 6.15. The van der Waals surface area contributed by atoms with Gasteiger partial charge in [0.25, 0.3) is 0 Å². The lowest BCUT2D eigenvalue weighted by molar-refractivity contribution is 0.464. The van der Waals surface area contributed by atoms with Gasteiger partial charge < -0.3 is 5.11 Å². The van der Waals surface area contributed by atoms with Gasteiger partial charge in [-0.05, 0) is 34.0 Å². The maximum absolute atomic E-state index is 13.1. The van der Waals surface area contributed by atoms with Crippen molar-refractivity contribution in [3.05, 3.63) is 28.0 Å². The van der Waals surface area contributed by atoms with Gasteiger partial charge in [0.2, 0.25) is 0 Å². The van der Waals surface area contributed by atoms with Crippen molar-refractivity contribution >= 4 is 15.9 Å². The molecule has 0 fully saturated rings. The molecule has 0 saturated heterocycles. The van der Waals surface area contributed by atoms with E-state index in [4.69, 9.17) is 10.4 Å². The number of nitrogens with zero attached hydrogens (tertiary/aromatic N) is 1. The lowest BCUT2D eigenvalue weighted by atomic mass is 10.1. The Kier molecular flexibility index (Phi) is 3.26. The predicted molar refractivity (Wildman–Crippen MR) is 49.7 cm³/mol. The van der Waals surface area contributed by atoms with Crippen LogP contribution in [-0.2, 0) is 6.42 Å². The third-order valence-electron chi connectivity index (χ3n) is 1.62. The summed E-state index contributed by atoms with van der Waals surface area (Å²) in [5.41, 5.74) is 0.436. The first-order valence-corrected chi connectivity index (χ1v) is 4.48. The van der Waals surface area contributed by atoms with Gasteiger partial charge in [-0.1, -0.05) is 0 Å². The molecule has 0 amide bonds. The van der Waals surface area contributed by atoms with Crippen LogP contribution >= 0.6 is 15.9 Å². The highest BCUT2D eigenvalue weighted by molar-refractivity contribution is 9.10. The molecule has 0 aromatic heterocycles. The molecule has 4 heteroatoms. The molecule has 0 aliphatic carbocycles. The van der Waals surface area contributed by atoms with Gasteiger partial charge in [0.15, 0.2) is 0 Å². The van der Waals surface area contributed by atoms with Crippen LogP contribution in [0, 0.1) is 17.1 Å². The molecule has 2 nitrogen and oxygen atoms in total. The summed E-state index contributed by atoms with van der Waals surface area (Å²) in [7, 11) is 0. The van der Waals surface area contributed by atoms with Crippen molar-refractivity contribution in [1.82, 2.24) is 0 Å². The molecule has 0 heterocycles. The van der Waals surface area contributed by atoms with Crippen LogP contribution in [0.1, 0.15) is 12.0 Å². The topological polar surface area (TPSA) is 44.0 Å². The van der Waals surface area contributed by atoms with E-state index in [2.05, 4.69) is 15.9 Å². The summed E-state index contributed by atoms with van der Waals surface area (Å²) >= 11 is 3.07. The molecule has 1 aromatic carbocycles. The summed E-state index contributed by atoms with van der Waals surface area (Å²) in [6, 6.07) is 4.46. The van der Waals surface area contributed by atoms with Gasteiger partial charge in [0.1, 0.15) is 11.6 Å². The second kappa shape index (κ2) is 4.24. The number of hydrogen-bond acceptors (Lipinski definition) is 2. The van der Waals surface area contributed by atoms with Gasteiger partial charge in [-0.2, -0.15) is 5.26 Å². The monoisotopic (exact) mass is 243 g/mol. The molecule has 0 unspecified atom stereocenters. The van der Waals surface area contributed by atoms with Crippen molar-refractivity contribution < 1.29 is 9.50 Å². The summed E-state index contributed by atoms with van der Waals surface area (Å²) in [6.45, 7) is 0. The van der Waals surface area contributed by atoms with E-state index in [-0.39, 0.29) is 12.2 Å². The molecule has 0 atom stereocenters. The van der Waals surface area contributed by atoms with Gasteiger partial charge in [-0.25, -0.2) is 4.39 Å². The molecular weight excluding hydrogens is 237 g/mol. The molecular formula is C9H7BrFNO. The van der Waals surface area contributed by atoms with Crippen molar-refractivity contribution in [1.29, 1.82) is 5.26 Å². The normalized spacial score (nSPS) is 9.62. The summed E-state index contributed by atoms with van der Waals surface area (Å²) in [5.74, 6) is -0.603. The Morgan fingerprint density at radius 3 is 2.85 bits per heavy atom. The van der Waals surface area contributed by atoms with Gasteiger partial charge >= 0.3 is 0 Å². The highest BCUT2D eigenvalue weighted by atomic mass is 79.9. The Balaban J connectivity index is 2.96. The van der Waals surface area contributed by atoms with E-state index >= 15 is 0 Å². The van der Waals surface area contributed by atoms with Crippen LogP contribution in [0.2, 0.25) is 0 Å². The summed E-state index contributed by atoms with van der Waals surface area (Å²) in [6.07, 6.45) is 0.634. The highest BCUT2D eigenvalue weighted by Gasteiger charge is 2.06. The minimum Gasteiger partial charge on any atom is -0.507 e. The summed E-state index contributed by atoms with van der Waals surface area (Å²) in [4.78, 5) is 0. The zero-order chi connectivity index (χ0) is 9.84. The lowest BCUT2D eigenvalue weighted by Crippen LogP contribution is -1.90. The van der Waals surface area contributed by atoms with Crippen LogP contribution in [0.4, 0.5) is 4.39 Å².